The Morgan fingerprint density at radius 1 is 1.00 bits per heavy atom. The molecule has 3 rings (SSSR count). The lowest BCUT2D eigenvalue weighted by Gasteiger charge is -2.33. The summed E-state index contributed by atoms with van der Waals surface area (Å²) in [7, 11) is 0. The number of nitrogens with one attached hydrogen (secondary N) is 1. The van der Waals surface area contributed by atoms with Crippen molar-refractivity contribution in [2.75, 3.05) is 32.8 Å². The largest absolute Gasteiger partial charge is 0.377 e. The van der Waals surface area contributed by atoms with Crippen LogP contribution >= 0.6 is 0 Å². The third kappa shape index (κ3) is 3.93. The van der Waals surface area contributed by atoms with Gasteiger partial charge in [0.2, 0.25) is 0 Å². The van der Waals surface area contributed by atoms with Gasteiger partial charge in [-0.1, -0.05) is 19.3 Å². The Balaban J connectivity index is 1.52. The molecule has 2 atom stereocenters. The van der Waals surface area contributed by atoms with E-state index in [4.69, 9.17) is 4.74 Å². The molecule has 0 amide bonds. The highest BCUT2D eigenvalue weighted by atomic mass is 16.5. The number of hydrogen-bond donors (Lipinski definition) is 1. The maximum Gasteiger partial charge on any atom is 0.0702 e. The van der Waals surface area contributed by atoms with Crippen molar-refractivity contribution in [1.82, 2.24) is 10.2 Å². The van der Waals surface area contributed by atoms with Crippen LogP contribution in [0.15, 0.2) is 0 Å². The zero-order chi connectivity index (χ0) is 12.9. The quantitative estimate of drug-likeness (QED) is 0.849. The summed E-state index contributed by atoms with van der Waals surface area (Å²) in [5.41, 5.74) is 0. The number of rotatable bonds is 3. The van der Waals surface area contributed by atoms with Gasteiger partial charge in [-0.05, 0) is 51.1 Å². The van der Waals surface area contributed by atoms with Crippen molar-refractivity contribution in [3.8, 4) is 0 Å². The average molecular weight is 266 g/mol. The van der Waals surface area contributed by atoms with Crippen molar-refractivity contribution < 1.29 is 4.74 Å². The molecule has 1 saturated carbocycles. The summed E-state index contributed by atoms with van der Waals surface area (Å²) in [5, 5.41) is 3.82. The van der Waals surface area contributed by atoms with Crippen molar-refractivity contribution in [3.05, 3.63) is 0 Å². The number of nitrogens with zero attached hydrogens (tertiary/aromatic N) is 1. The summed E-state index contributed by atoms with van der Waals surface area (Å²) in [6.07, 6.45) is 11.6. The van der Waals surface area contributed by atoms with Crippen LogP contribution in [-0.2, 0) is 4.74 Å². The highest BCUT2D eigenvalue weighted by molar-refractivity contribution is 4.85. The molecule has 0 bridgehead atoms. The van der Waals surface area contributed by atoms with Crippen molar-refractivity contribution in [2.24, 2.45) is 5.92 Å². The van der Waals surface area contributed by atoms with E-state index in [0.717, 1.165) is 18.6 Å². The minimum absolute atomic E-state index is 0.519. The molecule has 0 spiro atoms. The maximum atomic E-state index is 5.82. The Morgan fingerprint density at radius 3 is 2.68 bits per heavy atom. The zero-order valence-electron chi connectivity index (χ0n) is 12.3. The lowest BCUT2D eigenvalue weighted by atomic mass is 9.83. The molecule has 2 saturated heterocycles. The van der Waals surface area contributed by atoms with Crippen molar-refractivity contribution in [3.63, 3.8) is 0 Å². The van der Waals surface area contributed by atoms with Gasteiger partial charge in [0.25, 0.3) is 0 Å². The molecule has 110 valence electrons. The van der Waals surface area contributed by atoms with Gasteiger partial charge in [0.15, 0.2) is 0 Å². The van der Waals surface area contributed by atoms with Crippen LogP contribution in [0.3, 0.4) is 0 Å². The molecular formula is C16H30N2O. The van der Waals surface area contributed by atoms with E-state index in [1.165, 1.54) is 77.5 Å². The Kier molecular flexibility index (Phi) is 5.14. The molecular weight excluding hydrogens is 236 g/mol. The second-order valence-electron chi connectivity index (χ2n) is 6.71. The number of ether oxygens (including phenoxy) is 1. The van der Waals surface area contributed by atoms with Gasteiger partial charge in [0.05, 0.1) is 6.10 Å². The maximum absolute atomic E-state index is 5.82. The summed E-state index contributed by atoms with van der Waals surface area (Å²) in [6.45, 7) is 5.89. The first-order valence-corrected chi connectivity index (χ1v) is 8.49. The first kappa shape index (κ1) is 13.8. The molecule has 2 heterocycles. The molecule has 1 N–H and O–H groups in total. The van der Waals surface area contributed by atoms with E-state index >= 15 is 0 Å². The summed E-state index contributed by atoms with van der Waals surface area (Å²) in [5.74, 6) is 0.929. The molecule has 0 radical (unpaired) electrons. The zero-order valence-corrected chi connectivity index (χ0v) is 12.3. The summed E-state index contributed by atoms with van der Waals surface area (Å²) in [4.78, 5) is 2.68. The molecule has 19 heavy (non-hydrogen) atoms. The summed E-state index contributed by atoms with van der Waals surface area (Å²) >= 11 is 0. The highest BCUT2D eigenvalue weighted by Gasteiger charge is 2.28. The van der Waals surface area contributed by atoms with Crippen LogP contribution in [0.25, 0.3) is 0 Å². The van der Waals surface area contributed by atoms with Crippen molar-refractivity contribution in [2.45, 2.75) is 63.5 Å². The fourth-order valence-corrected chi connectivity index (χ4v) is 4.12. The Morgan fingerprint density at radius 2 is 1.89 bits per heavy atom. The fourth-order valence-electron chi connectivity index (χ4n) is 4.12. The smallest absolute Gasteiger partial charge is 0.0702 e. The number of hydrogen-bond acceptors (Lipinski definition) is 3. The summed E-state index contributed by atoms with van der Waals surface area (Å²) < 4.78 is 5.82. The highest BCUT2D eigenvalue weighted by Crippen LogP contribution is 2.27. The fraction of sp³-hybridized carbons (Fsp3) is 1.00. The SMILES string of the molecule is C1CCC(C2CN(CC3CCCO3)CCCN2)CC1. The van der Waals surface area contributed by atoms with E-state index < -0.39 is 0 Å². The predicted octanol–water partition coefficient (Wildman–Crippen LogP) is 2.41. The molecule has 1 aliphatic carbocycles. The first-order chi connectivity index (χ1) is 9.42. The third-order valence-corrected chi connectivity index (χ3v) is 5.22. The minimum atomic E-state index is 0.519. The Bertz CT molecular complexity index is 259. The van der Waals surface area contributed by atoms with E-state index in [9.17, 15) is 0 Å². The molecule has 3 heteroatoms. The van der Waals surface area contributed by atoms with Gasteiger partial charge in [0, 0.05) is 25.7 Å². The minimum Gasteiger partial charge on any atom is -0.377 e. The van der Waals surface area contributed by atoms with Crippen LogP contribution < -0.4 is 5.32 Å². The summed E-state index contributed by atoms with van der Waals surface area (Å²) in [6, 6.07) is 0.740. The first-order valence-electron chi connectivity index (χ1n) is 8.49. The van der Waals surface area contributed by atoms with Gasteiger partial charge < -0.3 is 10.1 Å². The monoisotopic (exact) mass is 266 g/mol. The van der Waals surface area contributed by atoms with Gasteiger partial charge in [-0.15, -0.1) is 0 Å². The standard InChI is InChI=1S/C16H30N2O/c1-2-6-14(7-3-1)16-13-18(10-5-9-17-16)12-15-8-4-11-19-15/h14-17H,1-13H2. The molecule has 0 aromatic carbocycles. The molecule has 3 nitrogen and oxygen atoms in total. The van der Waals surface area contributed by atoms with Crippen molar-refractivity contribution in [1.29, 1.82) is 0 Å². The van der Waals surface area contributed by atoms with E-state index in [-0.39, 0.29) is 0 Å². The predicted molar refractivity (Wildman–Crippen MR) is 78.4 cm³/mol. The normalized spacial score (nSPS) is 35.4. The van der Waals surface area contributed by atoms with Gasteiger partial charge in [0.1, 0.15) is 0 Å². The molecule has 2 unspecified atom stereocenters. The van der Waals surface area contributed by atoms with Gasteiger partial charge in [-0.2, -0.15) is 0 Å². The van der Waals surface area contributed by atoms with Crippen LogP contribution in [0, 0.1) is 5.92 Å². The topological polar surface area (TPSA) is 24.5 Å². The van der Waals surface area contributed by atoms with E-state index in [2.05, 4.69) is 10.2 Å². The Hall–Kier alpha value is -0.120. The van der Waals surface area contributed by atoms with Crippen LogP contribution in [0.4, 0.5) is 0 Å². The molecule has 0 aromatic heterocycles. The van der Waals surface area contributed by atoms with E-state index in [0.29, 0.717) is 6.10 Å². The Labute approximate surface area is 118 Å². The molecule has 2 aliphatic heterocycles. The van der Waals surface area contributed by atoms with Gasteiger partial charge in [-0.3, -0.25) is 4.90 Å². The van der Waals surface area contributed by atoms with Crippen molar-refractivity contribution >= 4 is 0 Å². The van der Waals surface area contributed by atoms with E-state index in [1.807, 2.05) is 0 Å². The van der Waals surface area contributed by atoms with Crippen LogP contribution in [0.1, 0.15) is 51.4 Å². The van der Waals surface area contributed by atoms with Crippen LogP contribution in [0.5, 0.6) is 0 Å². The van der Waals surface area contributed by atoms with Crippen LogP contribution in [0.2, 0.25) is 0 Å². The van der Waals surface area contributed by atoms with Gasteiger partial charge in [-0.25, -0.2) is 0 Å². The average Bonchev–Trinajstić information content (AvgIpc) is 2.84. The lowest BCUT2D eigenvalue weighted by molar-refractivity contribution is 0.0692. The molecule has 0 aromatic rings. The van der Waals surface area contributed by atoms with Crippen LogP contribution in [-0.4, -0.2) is 49.8 Å². The second kappa shape index (κ2) is 7.05. The van der Waals surface area contributed by atoms with Gasteiger partial charge >= 0.3 is 0 Å². The second-order valence-corrected chi connectivity index (χ2v) is 6.71. The molecule has 3 aliphatic rings. The molecule has 3 fully saturated rings. The lowest BCUT2D eigenvalue weighted by Crippen LogP contribution is -2.45. The third-order valence-electron chi connectivity index (χ3n) is 5.22. The van der Waals surface area contributed by atoms with E-state index in [1.54, 1.807) is 0 Å².